The summed E-state index contributed by atoms with van der Waals surface area (Å²) < 4.78 is 6.34. The highest BCUT2D eigenvalue weighted by molar-refractivity contribution is 6.42. The summed E-state index contributed by atoms with van der Waals surface area (Å²) in [5.74, 6) is 0.0917. The molecule has 0 aromatic heterocycles. The van der Waals surface area contributed by atoms with Gasteiger partial charge in [-0.1, -0.05) is 65.1 Å². The van der Waals surface area contributed by atoms with Crippen LogP contribution in [0.5, 0.6) is 0 Å². The molecule has 0 aliphatic carbocycles. The zero-order valence-electron chi connectivity index (χ0n) is 20.9. The van der Waals surface area contributed by atoms with Crippen LogP contribution in [0.2, 0.25) is 15.1 Å². The van der Waals surface area contributed by atoms with Crippen molar-refractivity contribution < 1.29 is 9.53 Å². The molecule has 0 saturated carbocycles. The van der Waals surface area contributed by atoms with Crippen molar-refractivity contribution >= 4 is 40.7 Å². The molecule has 3 aromatic rings. The number of carbonyl (C=O) groups is 1. The number of likely N-dealkylation sites (N-methyl/N-ethyl adjacent to an activating group) is 1. The lowest BCUT2D eigenvalue weighted by atomic mass is 9.83. The zero-order valence-corrected chi connectivity index (χ0v) is 23.2. The molecule has 1 atom stereocenters. The van der Waals surface area contributed by atoms with Gasteiger partial charge in [0.25, 0.3) is 5.91 Å². The Balaban J connectivity index is 1.25. The topological polar surface area (TPSA) is 32.8 Å². The number of ether oxygens (including phenoxy) is 1. The molecule has 3 aromatic carbocycles. The first-order chi connectivity index (χ1) is 17.8. The molecule has 2 heterocycles. The molecule has 4 nitrogen and oxygen atoms in total. The van der Waals surface area contributed by atoms with E-state index >= 15 is 0 Å². The van der Waals surface area contributed by atoms with E-state index in [0.717, 1.165) is 44.5 Å². The second kappa shape index (κ2) is 11.3. The average Bonchev–Trinajstić information content (AvgIpc) is 3.27. The number of nitrogens with zero attached hydrogens (tertiary/aromatic N) is 2. The fraction of sp³-hybridized carbons (Fsp3) is 0.367. The van der Waals surface area contributed by atoms with Crippen molar-refractivity contribution in [2.45, 2.75) is 37.4 Å². The summed E-state index contributed by atoms with van der Waals surface area (Å²) in [7, 11) is 1.85. The summed E-state index contributed by atoms with van der Waals surface area (Å²) >= 11 is 18.6. The van der Waals surface area contributed by atoms with Crippen molar-refractivity contribution in [2.75, 3.05) is 33.2 Å². The van der Waals surface area contributed by atoms with Crippen molar-refractivity contribution in [3.8, 4) is 0 Å². The van der Waals surface area contributed by atoms with Gasteiger partial charge in [-0.05, 0) is 78.9 Å². The first-order valence-corrected chi connectivity index (χ1v) is 13.9. The number of hydrogen-bond acceptors (Lipinski definition) is 3. The maximum Gasteiger partial charge on any atom is 0.253 e. The fourth-order valence-electron chi connectivity index (χ4n) is 5.63. The van der Waals surface area contributed by atoms with Gasteiger partial charge in [0.2, 0.25) is 0 Å². The Kier molecular flexibility index (Phi) is 8.13. The van der Waals surface area contributed by atoms with E-state index in [9.17, 15) is 4.79 Å². The minimum Gasteiger partial charge on any atom is -0.365 e. The predicted molar refractivity (Wildman–Crippen MR) is 151 cm³/mol. The Hall–Kier alpha value is -2.08. The van der Waals surface area contributed by atoms with Gasteiger partial charge in [0.05, 0.1) is 22.3 Å². The number of amides is 1. The second-order valence-corrected chi connectivity index (χ2v) is 11.4. The third kappa shape index (κ3) is 5.84. The van der Waals surface area contributed by atoms with Crippen LogP contribution in [0.15, 0.2) is 66.7 Å². The van der Waals surface area contributed by atoms with E-state index in [4.69, 9.17) is 39.5 Å². The Morgan fingerprint density at radius 1 is 1.00 bits per heavy atom. The van der Waals surface area contributed by atoms with Crippen LogP contribution < -0.4 is 0 Å². The molecule has 194 valence electrons. The summed E-state index contributed by atoms with van der Waals surface area (Å²) in [5, 5.41) is 1.68. The standard InChI is InChI=1S/C30H31Cl3N2O2/c1-34(29(36)21-6-9-25(31)10-7-21)19-23(22-8-11-27(32)28(33)18-22)12-15-35-16-13-30(14-17-35)26-5-3-2-4-24(26)20-37-30/h2-11,18,23H,12-17,19-20H2,1H3/t23-/m1/s1. The number of likely N-dealkylation sites (tertiary alicyclic amines) is 1. The van der Waals surface area contributed by atoms with E-state index in [0.29, 0.717) is 33.8 Å². The lowest BCUT2D eigenvalue weighted by molar-refractivity contribution is -0.0790. The van der Waals surface area contributed by atoms with Gasteiger partial charge < -0.3 is 14.5 Å². The van der Waals surface area contributed by atoms with Crippen molar-refractivity contribution in [1.82, 2.24) is 9.80 Å². The van der Waals surface area contributed by atoms with Crippen molar-refractivity contribution in [1.29, 1.82) is 0 Å². The summed E-state index contributed by atoms with van der Waals surface area (Å²) in [4.78, 5) is 17.4. The van der Waals surface area contributed by atoms with Crippen LogP contribution in [0.1, 0.15) is 52.2 Å². The second-order valence-electron chi connectivity index (χ2n) is 10.1. The number of benzene rings is 3. The first-order valence-electron chi connectivity index (χ1n) is 12.8. The molecule has 2 aliphatic heterocycles. The normalized spacial score (nSPS) is 17.5. The van der Waals surface area contributed by atoms with Crippen molar-refractivity contribution in [3.63, 3.8) is 0 Å². The predicted octanol–water partition coefficient (Wildman–Crippen LogP) is 7.41. The molecule has 37 heavy (non-hydrogen) atoms. The maximum absolute atomic E-state index is 13.1. The Morgan fingerprint density at radius 3 is 2.46 bits per heavy atom. The summed E-state index contributed by atoms with van der Waals surface area (Å²) in [6, 6.07) is 21.4. The van der Waals surface area contributed by atoms with E-state index < -0.39 is 0 Å². The number of halogens is 3. The molecule has 0 unspecified atom stereocenters. The van der Waals surface area contributed by atoms with Gasteiger partial charge in [-0.2, -0.15) is 0 Å². The van der Waals surface area contributed by atoms with Gasteiger partial charge in [-0.15, -0.1) is 0 Å². The van der Waals surface area contributed by atoms with E-state index in [1.807, 2.05) is 25.2 Å². The van der Waals surface area contributed by atoms with Crippen LogP contribution in [0, 0.1) is 0 Å². The number of carbonyl (C=O) groups excluding carboxylic acids is 1. The molecule has 5 rings (SSSR count). The quantitative estimate of drug-likeness (QED) is 0.303. The van der Waals surface area contributed by atoms with Crippen LogP contribution >= 0.6 is 34.8 Å². The monoisotopic (exact) mass is 556 g/mol. The largest absolute Gasteiger partial charge is 0.365 e. The lowest BCUT2D eigenvalue weighted by Crippen LogP contribution is -2.43. The fourth-order valence-corrected chi connectivity index (χ4v) is 6.06. The molecule has 1 fully saturated rings. The highest BCUT2D eigenvalue weighted by Crippen LogP contribution is 2.44. The van der Waals surface area contributed by atoms with Gasteiger partial charge >= 0.3 is 0 Å². The molecular formula is C30H31Cl3N2O2. The van der Waals surface area contributed by atoms with Gasteiger partial charge in [-0.25, -0.2) is 0 Å². The summed E-state index contributed by atoms with van der Waals surface area (Å²) in [6.07, 6.45) is 2.90. The summed E-state index contributed by atoms with van der Waals surface area (Å²) in [6.45, 7) is 4.20. The van der Waals surface area contributed by atoms with Crippen LogP contribution in [-0.2, 0) is 16.9 Å². The van der Waals surface area contributed by atoms with Crippen LogP contribution in [0.25, 0.3) is 0 Å². The van der Waals surface area contributed by atoms with Crippen LogP contribution in [0.4, 0.5) is 0 Å². The smallest absolute Gasteiger partial charge is 0.253 e. The van der Waals surface area contributed by atoms with Crippen molar-refractivity contribution in [2.24, 2.45) is 0 Å². The van der Waals surface area contributed by atoms with Crippen LogP contribution in [0.3, 0.4) is 0 Å². The van der Waals surface area contributed by atoms with Gasteiger partial charge in [0, 0.05) is 43.2 Å². The minimum absolute atomic E-state index is 0.0290. The minimum atomic E-state index is -0.137. The third-order valence-electron chi connectivity index (χ3n) is 7.82. The Morgan fingerprint density at radius 2 is 1.73 bits per heavy atom. The molecule has 1 saturated heterocycles. The third-order valence-corrected chi connectivity index (χ3v) is 8.81. The Bertz CT molecular complexity index is 1260. The molecule has 1 spiro atoms. The van der Waals surface area contributed by atoms with E-state index in [1.165, 1.54) is 11.1 Å². The molecule has 0 radical (unpaired) electrons. The molecule has 2 aliphatic rings. The molecule has 7 heteroatoms. The highest BCUT2D eigenvalue weighted by Gasteiger charge is 2.42. The lowest BCUT2D eigenvalue weighted by Gasteiger charge is -2.40. The molecule has 0 bridgehead atoms. The molecule has 1 amide bonds. The van der Waals surface area contributed by atoms with Gasteiger partial charge in [-0.3, -0.25) is 4.79 Å². The number of fused-ring (bicyclic) bond motifs is 2. The average molecular weight is 558 g/mol. The van der Waals surface area contributed by atoms with E-state index in [2.05, 4.69) is 29.2 Å². The number of rotatable bonds is 7. The summed E-state index contributed by atoms with van der Waals surface area (Å²) in [5.41, 5.74) is 4.26. The first kappa shape index (κ1) is 26.5. The van der Waals surface area contributed by atoms with E-state index in [-0.39, 0.29) is 17.4 Å². The maximum atomic E-state index is 13.1. The van der Waals surface area contributed by atoms with E-state index in [1.54, 1.807) is 29.2 Å². The SMILES string of the molecule is CN(C[C@@H](CCN1CCC2(CC1)OCc1ccccc12)c1ccc(Cl)c(Cl)c1)C(=O)c1ccc(Cl)cc1. The van der Waals surface area contributed by atoms with Gasteiger partial charge in [0.15, 0.2) is 0 Å². The molecular weight excluding hydrogens is 527 g/mol. The number of piperidine rings is 1. The number of hydrogen-bond donors (Lipinski definition) is 0. The van der Waals surface area contributed by atoms with Crippen LogP contribution in [-0.4, -0.2) is 48.9 Å². The highest BCUT2D eigenvalue weighted by atomic mass is 35.5. The Labute approximate surface area is 234 Å². The van der Waals surface area contributed by atoms with Gasteiger partial charge in [0.1, 0.15) is 0 Å². The molecule has 0 N–H and O–H groups in total. The van der Waals surface area contributed by atoms with Crippen molar-refractivity contribution in [3.05, 3.63) is 104 Å². The zero-order chi connectivity index (χ0) is 26.0.